The van der Waals surface area contributed by atoms with Gasteiger partial charge < -0.3 is 31.4 Å². The van der Waals surface area contributed by atoms with Crippen LogP contribution in [0.2, 0.25) is 0 Å². The highest BCUT2D eigenvalue weighted by Gasteiger charge is 2.69. The molecular formula is C27H45N5O5. The number of rotatable bonds is 8. The summed E-state index contributed by atoms with van der Waals surface area (Å²) in [7, 11) is 0. The molecule has 1 saturated heterocycles. The van der Waals surface area contributed by atoms with Crippen molar-refractivity contribution in [3.63, 3.8) is 0 Å². The van der Waals surface area contributed by atoms with Crippen molar-refractivity contribution in [2.45, 2.75) is 98.3 Å². The number of fused-ring (bicyclic) bond motifs is 1. The molecule has 4 unspecified atom stereocenters. The number of nitrogens with one attached hydrogen (secondary N) is 3. The van der Waals surface area contributed by atoms with E-state index in [-0.39, 0.29) is 46.8 Å². The highest BCUT2D eigenvalue weighted by Crippen LogP contribution is 2.65. The Morgan fingerprint density at radius 3 is 2.14 bits per heavy atom. The molecule has 0 aromatic carbocycles. The van der Waals surface area contributed by atoms with E-state index < -0.39 is 35.1 Å². The number of hydrogen-bond acceptors (Lipinski definition) is 5. The first-order valence-corrected chi connectivity index (χ1v) is 13.3. The number of aldehydes is 1. The summed E-state index contributed by atoms with van der Waals surface area (Å²) in [4.78, 5) is 65.2. The van der Waals surface area contributed by atoms with E-state index in [4.69, 9.17) is 5.73 Å². The Morgan fingerprint density at radius 2 is 1.68 bits per heavy atom. The van der Waals surface area contributed by atoms with Gasteiger partial charge in [-0.2, -0.15) is 0 Å². The van der Waals surface area contributed by atoms with Crippen molar-refractivity contribution in [3.05, 3.63) is 0 Å². The predicted octanol–water partition coefficient (Wildman–Crippen LogP) is 1.57. The van der Waals surface area contributed by atoms with Crippen LogP contribution in [0.25, 0.3) is 0 Å². The first-order valence-electron chi connectivity index (χ1n) is 13.3. The largest absolute Gasteiger partial charge is 0.369 e. The lowest BCUT2D eigenvalue weighted by atomic mass is 9.70. The maximum absolute atomic E-state index is 13.9. The van der Waals surface area contributed by atoms with Crippen molar-refractivity contribution < 1.29 is 24.0 Å². The van der Waals surface area contributed by atoms with Gasteiger partial charge in [-0.25, -0.2) is 4.79 Å². The van der Waals surface area contributed by atoms with Gasteiger partial charge in [-0.3, -0.25) is 14.4 Å². The SMILES string of the molecule is CC(C)(C)NC(=O)N[C@H](C(=O)N1CC2C([C@H]1C(=O)NC(C=O)CC1CC[C@@H]1C(N)=O)C2(C)C)C(C)(C)C. The fourth-order valence-corrected chi connectivity index (χ4v) is 6.10. The third-order valence-electron chi connectivity index (χ3n) is 8.47. The van der Waals surface area contributed by atoms with Gasteiger partial charge in [0.05, 0.1) is 6.04 Å². The lowest BCUT2D eigenvalue weighted by Crippen LogP contribution is -2.62. The highest BCUT2D eigenvalue weighted by molar-refractivity contribution is 5.94. The molecule has 10 nitrogen and oxygen atoms in total. The van der Waals surface area contributed by atoms with Gasteiger partial charge in [0.1, 0.15) is 18.4 Å². The maximum Gasteiger partial charge on any atom is 0.315 e. The number of primary amides is 1. The Bertz CT molecular complexity index is 950. The van der Waals surface area contributed by atoms with Crippen LogP contribution in [0.1, 0.15) is 74.7 Å². The minimum Gasteiger partial charge on any atom is -0.369 e. The minimum absolute atomic E-state index is 0.0322. The zero-order chi connectivity index (χ0) is 28.1. The number of carbonyl (C=O) groups excluding carboxylic acids is 5. The van der Waals surface area contributed by atoms with E-state index in [1.54, 1.807) is 4.90 Å². The quantitative estimate of drug-likeness (QED) is 0.359. The smallest absolute Gasteiger partial charge is 0.315 e. The molecule has 0 spiro atoms. The summed E-state index contributed by atoms with van der Waals surface area (Å²) in [5.41, 5.74) is 4.27. The number of urea groups is 1. The first kappa shape index (κ1) is 28.9. The fourth-order valence-electron chi connectivity index (χ4n) is 6.10. The van der Waals surface area contributed by atoms with Crippen LogP contribution in [0.5, 0.6) is 0 Å². The molecule has 0 bridgehead atoms. The first-order chi connectivity index (χ1) is 16.9. The van der Waals surface area contributed by atoms with Crippen LogP contribution in [0.3, 0.4) is 0 Å². The Balaban J connectivity index is 1.77. The van der Waals surface area contributed by atoms with Crippen LogP contribution in [-0.2, 0) is 19.2 Å². The average molecular weight is 520 g/mol. The molecule has 0 aromatic heterocycles. The number of likely N-dealkylation sites (tertiary alicyclic amines) is 1. The van der Waals surface area contributed by atoms with E-state index in [1.165, 1.54) is 0 Å². The second-order valence-corrected chi connectivity index (χ2v) is 13.9. The maximum atomic E-state index is 13.9. The second-order valence-electron chi connectivity index (χ2n) is 13.9. The molecule has 5 N–H and O–H groups in total. The topological polar surface area (TPSA) is 151 Å². The number of nitrogens with two attached hydrogens (primary N) is 1. The standard InChI is InChI=1S/C27H45N5O5/c1-25(2,3)20(30-24(37)31-26(4,5)6)23(36)32-12-17-18(27(17,7)8)19(32)22(35)29-15(13-33)11-14-9-10-16(14)21(28)34/h13-20H,9-12H2,1-8H3,(H2,28,34)(H,29,35)(H2,30,31,37)/t14?,15?,16-,17?,18?,19-,20+/m0/s1. The average Bonchev–Trinajstić information content (AvgIpc) is 3.06. The molecule has 0 aromatic rings. The van der Waals surface area contributed by atoms with Gasteiger partial charge in [0.15, 0.2) is 0 Å². The zero-order valence-electron chi connectivity index (χ0n) is 23.5. The van der Waals surface area contributed by atoms with Crippen LogP contribution in [0.4, 0.5) is 4.79 Å². The van der Waals surface area contributed by atoms with Crippen molar-refractivity contribution in [3.8, 4) is 0 Å². The molecule has 3 aliphatic rings. The van der Waals surface area contributed by atoms with E-state index in [2.05, 4.69) is 29.8 Å². The van der Waals surface area contributed by atoms with Gasteiger partial charge in [-0.1, -0.05) is 34.6 Å². The number of carbonyl (C=O) groups is 5. The molecule has 3 fully saturated rings. The summed E-state index contributed by atoms with van der Waals surface area (Å²) < 4.78 is 0. The fraction of sp³-hybridized carbons (Fsp3) is 0.815. The molecule has 37 heavy (non-hydrogen) atoms. The Hall–Kier alpha value is -2.65. The van der Waals surface area contributed by atoms with Gasteiger partial charge in [0.2, 0.25) is 17.7 Å². The number of piperidine rings is 1. The zero-order valence-corrected chi connectivity index (χ0v) is 23.5. The summed E-state index contributed by atoms with van der Waals surface area (Å²) in [5, 5.41) is 8.51. The van der Waals surface area contributed by atoms with Crippen LogP contribution >= 0.6 is 0 Å². The van der Waals surface area contributed by atoms with Crippen molar-refractivity contribution in [2.24, 2.45) is 40.2 Å². The Labute approximate surface area is 220 Å². The van der Waals surface area contributed by atoms with E-state index in [0.717, 1.165) is 6.42 Å². The van der Waals surface area contributed by atoms with Crippen LogP contribution in [0.15, 0.2) is 0 Å². The monoisotopic (exact) mass is 519 g/mol. The van der Waals surface area contributed by atoms with Gasteiger partial charge in [-0.15, -0.1) is 0 Å². The summed E-state index contributed by atoms with van der Waals surface area (Å²) in [6.45, 7) is 15.8. The third-order valence-corrected chi connectivity index (χ3v) is 8.47. The summed E-state index contributed by atoms with van der Waals surface area (Å²) in [6, 6.07) is -2.79. The molecular weight excluding hydrogens is 474 g/mol. The second kappa shape index (κ2) is 9.91. The van der Waals surface area contributed by atoms with Gasteiger partial charge in [0.25, 0.3) is 0 Å². The van der Waals surface area contributed by atoms with Gasteiger partial charge >= 0.3 is 6.03 Å². The van der Waals surface area contributed by atoms with E-state index in [9.17, 15) is 24.0 Å². The van der Waals surface area contributed by atoms with E-state index in [1.807, 2.05) is 41.5 Å². The molecule has 3 rings (SSSR count). The molecule has 0 radical (unpaired) electrons. The number of hydrogen-bond donors (Lipinski definition) is 4. The van der Waals surface area contributed by atoms with E-state index in [0.29, 0.717) is 25.7 Å². The number of amides is 5. The van der Waals surface area contributed by atoms with E-state index >= 15 is 0 Å². The molecule has 2 saturated carbocycles. The van der Waals surface area contributed by atoms with Crippen LogP contribution in [-0.4, -0.2) is 65.1 Å². The molecule has 7 atom stereocenters. The Kier molecular flexibility index (Phi) is 7.74. The molecule has 5 amide bonds. The van der Waals surface area contributed by atoms with Crippen LogP contribution < -0.4 is 21.7 Å². The van der Waals surface area contributed by atoms with Gasteiger partial charge in [0, 0.05) is 18.0 Å². The lowest BCUT2D eigenvalue weighted by Gasteiger charge is -2.39. The van der Waals surface area contributed by atoms with Crippen molar-refractivity contribution >= 4 is 30.0 Å². The van der Waals surface area contributed by atoms with Crippen molar-refractivity contribution in [2.75, 3.05) is 6.54 Å². The minimum atomic E-state index is -0.848. The molecule has 2 aliphatic carbocycles. The summed E-state index contributed by atoms with van der Waals surface area (Å²) >= 11 is 0. The molecule has 1 heterocycles. The molecule has 10 heteroatoms. The van der Waals surface area contributed by atoms with Gasteiger partial charge in [-0.05, 0) is 68.6 Å². The summed E-state index contributed by atoms with van der Waals surface area (Å²) in [6.07, 6.45) is 2.53. The Morgan fingerprint density at radius 1 is 1.05 bits per heavy atom. The third kappa shape index (κ3) is 6.09. The predicted molar refractivity (Wildman–Crippen MR) is 139 cm³/mol. The summed E-state index contributed by atoms with van der Waals surface area (Å²) in [5.74, 6) is -1.23. The highest BCUT2D eigenvalue weighted by atomic mass is 16.2. The van der Waals surface area contributed by atoms with Crippen molar-refractivity contribution in [1.82, 2.24) is 20.9 Å². The number of nitrogens with zero attached hydrogens (tertiary/aromatic N) is 1. The lowest BCUT2D eigenvalue weighted by molar-refractivity contribution is -0.144. The molecule has 208 valence electrons. The van der Waals surface area contributed by atoms with Crippen molar-refractivity contribution in [1.29, 1.82) is 0 Å². The normalized spacial score (nSPS) is 29.7. The molecule has 1 aliphatic heterocycles. The van der Waals surface area contributed by atoms with Crippen LogP contribution in [0, 0.1) is 34.5 Å².